The summed E-state index contributed by atoms with van der Waals surface area (Å²) in [6, 6.07) is 3.67. The maximum atomic E-state index is 12.9. The molecule has 1 amide bonds. The smallest absolute Gasteiger partial charge is 0.374 e. The second-order valence-corrected chi connectivity index (χ2v) is 4.41. The van der Waals surface area contributed by atoms with Gasteiger partial charge in [0.1, 0.15) is 0 Å². The Kier molecular flexibility index (Phi) is 2.96. The number of amides is 1. The van der Waals surface area contributed by atoms with Crippen LogP contribution in [-0.4, -0.2) is 18.5 Å². The van der Waals surface area contributed by atoms with Crippen LogP contribution >= 0.6 is 0 Å². The first-order valence-corrected chi connectivity index (χ1v) is 5.58. The Morgan fingerprint density at radius 3 is 2.56 bits per heavy atom. The molecule has 0 saturated carbocycles. The van der Waals surface area contributed by atoms with E-state index < -0.39 is 11.7 Å². The lowest BCUT2D eigenvalue weighted by Gasteiger charge is -2.34. The molecule has 1 N–H and O–H groups in total. The molecular formula is C12H13F3N2O. The fraction of sp³-hybridized carbons (Fsp3) is 0.417. The van der Waals surface area contributed by atoms with E-state index >= 15 is 0 Å². The summed E-state index contributed by atoms with van der Waals surface area (Å²) in [6.45, 7) is 3.43. The number of halogens is 3. The van der Waals surface area contributed by atoms with E-state index in [1.165, 1.54) is 17.0 Å². The van der Waals surface area contributed by atoms with Gasteiger partial charge in [-0.3, -0.25) is 4.79 Å². The lowest BCUT2D eigenvalue weighted by molar-refractivity contribution is -0.137. The minimum Gasteiger partial charge on any atom is -0.374 e. The molecule has 1 aliphatic heterocycles. The molecular weight excluding hydrogens is 245 g/mol. The third-order valence-electron chi connectivity index (χ3n) is 2.81. The highest BCUT2D eigenvalue weighted by atomic mass is 19.4. The molecule has 1 heterocycles. The molecule has 0 radical (unpaired) electrons. The van der Waals surface area contributed by atoms with Crippen molar-refractivity contribution in [2.75, 3.05) is 16.8 Å². The van der Waals surface area contributed by atoms with E-state index in [1.54, 1.807) is 13.8 Å². The van der Waals surface area contributed by atoms with Gasteiger partial charge in [-0.2, -0.15) is 13.2 Å². The van der Waals surface area contributed by atoms with Crippen molar-refractivity contribution in [2.24, 2.45) is 0 Å². The van der Waals surface area contributed by atoms with Crippen molar-refractivity contribution in [2.45, 2.75) is 26.1 Å². The molecule has 1 aromatic rings. The monoisotopic (exact) mass is 258 g/mol. The van der Waals surface area contributed by atoms with Crippen LogP contribution in [0, 0.1) is 0 Å². The number of nitrogens with zero attached hydrogens (tertiary/aromatic N) is 1. The van der Waals surface area contributed by atoms with E-state index in [-0.39, 0.29) is 29.9 Å². The van der Waals surface area contributed by atoms with Crippen LogP contribution < -0.4 is 10.2 Å². The number of hydrogen-bond donors (Lipinski definition) is 1. The largest absolute Gasteiger partial charge is 0.418 e. The summed E-state index contributed by atoms with van der Waals surface area (Å²) in [4.78, 5) is 13.1. The second kappa shape index (κ2) is 4.19. The number of rotatable bonds is 1. The van der Waals surface area contributed by atoms with Crippen LogP contribution in [-0.2, 0) is 11.0 Å². The molecule has 3 nitrogen and oxygen atoms in total. The average molecular weight is 258 g/mol. The van der Waals surface area contributed by atoms with Gasteiger partial charge in [-0.1, -0.05) is 6.07 Å². The molecule has 18 heavy (non-hydrogen) atoms. The number of hydrogen-bond acceptors (Lipinski definition) is 2. The zero-order valence-electron chi connectivity index (χ0n) is 10.0. The zero-order valence-corrected chi connectivity index (χ0v) is 10.0. The standard InChI is InChI=1S/C12H13F3N2O/c1-7(2)17-9-5-3-4-8(12(13,14)15)11(9)16-6-10(17)18/h3-5,7,16H,6H2,1-2H3. The lowest BCUT2D eigenvalue weighted by atomic mass is 10.1. The van der Waals surface area contributed by atoms with Crippen molar-refractivity contribution in [1.29, 1.82) is 0 Å². The number of carbonyl (C=O) groups is 1. The zero-order chi connectivity index (χ0) is 13.5. The van der Waals surface area contributed by atoms with Crippen LogP contribution in [0.2, 0.25) is 0 Å². The number of carbonyl (C=O) groups excluding carboxylic acids is 1. The molecule has 6 heteroatoms. The summed E-state index contributed by atoms with van der Waals surface area (Å²) in [5.74, 6) is -0.225. The van der Waals surface area contributed by atoms with Crippen molar-refractivity contribution in [3.8, 4) is 0 Å². The fourth-order valence-corrected chi connectivity index (χ4v) is 2.11. The summed E-state index contributed by atoms with van der Waals surface area (Å²) in [7, 11) is 0. The van der Waals surface area contributed by atoms with Gasteiger partial charge < -0.3 is 10.2 Å². The first kappa shape index (κ1) is 12.7. The molecule has 0 spiro atoms. The number of alkyl halides is 3. The molecule has 0 saturated heterocycles. The molecule has 0 aromatic heterocycles. The van der Waals surface area contributed by atoms with Crippen molar-refractivity contribution in [1.82, 2.24) is 0 Å². The van der Waals surface area contributed by atoms with Gasteiger partial charge in [-0.15, -0.1) is 0 Å². The van der Waals surface area contributed by atoms with Crippen LogP contribution in [0.25, 0.3) is 0 Å². The van der Waals surface area contributed by atoms with Crippen LogP contribution in [0.1, 0.15) is 19.4 Å². The Bertz CT molecular complexity index is 483. The highest BCUT2D eigenvalue weighted by Crippen LogP contribution is 2.41. The molecule has 0 aliphatic carbocycles. The minimum absolute atomic E-state index is 0.0155. The second-order valence-electron chi connectivity index (χ2n) is 4.41. The van der Waals surface area contributed by atoms with Crippen molar-refractivity contribution < 1.29 is 18.0 Å². The summed E-state index contributed by atoms with van der Waals surface area (Å²) < 4.78 is 38.6. The third kappa shape index (κ3) is 2.02. The molecule has 0 unspecified atom stereocenters. The fourth-order valence-electron chi connectivity index (χ4n) is 2.11. The highest BCUT2D eigenvalue weighted by molar-refractivity contribution is 6.03. The van der Waals surface area contributed by atoms with Gasteiger partial charge in [-0.25, -0.2) is 0 Å². The van der Waals surface area contributed by atoms with Gasteiger partial charge >= 0.3 is 6.18 Å². The van der Waals surface area contributed by atoms with E-state index in [0.717, 1.165) is 6.07 Å². The molecule has 0 fully saturated rings. The molecule has 1 aliphatic rings. The predicted octanol–water partition coefficient (Wildman–Crippen LogP) is 2.87. The van der Waals surface area contributed by atoms with Gasteiger partial charge in [0.05, 0.1) is 23.5 Å². The molecule has 1 aromatic carbocycles. The number of benzene rings is 1. The number of para-hydroxylation sites is 1. The highest BCUT2D eigenvalue weighted by Gasteiger charge is 2.37. The predicted molar refractivity (Wildman–Crippen MR) is 62.6 cm³/mol. The molecule has 0 atom stereocenters. The van der Waals surface area contributed by atoms with Crippen LogP contribution in [0.3, 0.4) is 0 Å². The van der Waals surface area contributed by atoms with Gasteiger partial charge in [0.2, 0.25) is 5.91 Å². The summed E-state index contributed by atoms with van der Waals surface area (Å²) in [5, 5.41) is 2.56. The normalized spacial score (nSPS) is 15.7. The minimum atomic E-state index is -4.43. The van der Waals surface area contributed by atoms with Crippen molar-refractivity contribution >= 4 is 17.3 Å². The van der Waals surface area contributed by atoms with Crippen molar-refractivity contribution in [3.05, 3.63) is 23.8 Å². The van der Waals surface area contributed by atoms with E-state index in [9.17, 15) is 18.0 Å². The molecule has 2 rings (SSSR count). The molecule has 0 bridgehead atoms. The topological polar surface area (TPSA) is 32.3 Å². The van der Waals surface area contributed by atoms with Crippen molar-refractivity contribution in [3.63, 3.8) is 0 Å². The van der Waals surface area contributed by atoms with Gasteiger partial charge in [0, 0.05) is 6.04 Å². The first-order chi connectivity index (χ1) is 8.32. The third-order valence-corrected chi connectivity index (χ3v) is 2.81. The Hall–Kier alpha value is -1.72. The summed E-state index contributed by atoms with van der Waals surface area (Å²) in [5.41, 5.74) is -0.465. The Morgan fingerprint density at radius 2 is 2.00 bits per heavy atom. The summed E-state index contributed by atoms with van der Waals surface area (Å²) in [6.07, 6.45) is -4.43. The van der Waals surface area contributed by atoms with E-state index in [0.29, 0.717) is 0 Å². The van der Waals surface area contributed by atoms with E-state index in [1.807, 2.05) is 0 Å². The number of nitrogens with one attached hydrogen (secondary N) is 1. The SMILES string of the molecule is CC(C)N1C(=O)CNc2c1cccc2C(F)(F)F. The maximum absolute atomic E-state index is 12.9. The Balaban J connectivity index is 2.58. The van der Waals surface area contributed by atoms with Crippen LogP contribution in [0.5, 0.6) is 0 Å². The van der Waals surface area contributed by atoms with E-state index in [2.05, 4.69) is 5.32 Å². The maximum Gasteiger partial charge on any atom is 0.418 e. The number of fused-ring (bicyclic) bond motifs is 1. The summed E-state index contributed by atoms with van der Waals surface area (Å²) >= 11 is 0. The van der Waals surface area contributed by atoms with Gasteiger partial charge in [0.15, 0.2) is 0 Å². The van der Waals surface area contributed by atoms with Gasteiger partial charge in [0.25, 0.3) is 0 Å². The van der Waals surface area contributed by atoms with Gasteiger partial charge in [-0.05, 0) is 26.0 Å². The average Bonchev–Trinajstić information content (AvgIpc) is 2.25. The van der Waals surface area contributed by atoms with Crippen LogP contribution in [0.15, 0.2) is 18.2 Å². The Morgan fingerprint density at radius 1 is 1.33 bits per heavy atom. The lowest BCUT2D eigenvalue weighted by Crippen LogP contribution is -2.44. The quantitative estimate of drug-likeness (QED) is 0.840. The Labute approximate surface area is 103 Å². The van der Waals surface area contributed by atoms with Crippen LogP contribution in [0.4, 0.5) is 24.5 Å². The molecule has 98 valence electrons. The van der Waals surface area contributed by atoms with E-state index in [4.69, 9.17) is 0 Å². The first-order valence-electron chi connectivity index (χ1n) is 5.58. The number of anilines is 2.